The summed E-state index contributed by atoms with van der Waals surface area (Å²) in [6.45, 7) is 3.93. The summed E-state index contributed by atoms with van der Waals surface area (Å²) in [6, 6.07) is 1.23. The molecule has 0 saturated heterocycles. The predicted octanol–water partition coefficient (Wildman–Crippen LogP) is 1.92. The summed E-state index contributed by atoms with van der Waals surface area (Å²) < 4.78 is 5.53. The Bertz CT molecular complexity index is 382. The molecule has 0 radical (unpaired) electrons. The van der Waals surface area contributed by atoms with Gasteiger partial charge in [-0.3, -0.25) is 0 Å². The van der Waals surface area contributed by atoms with Crippen LogP contribution in [0.1, 0.15) is 44.9 Å². The Morgan fingerprint density at radius 1 is 1.35 bits per heavy atom. The highest BCUT2D eigenvalue weighted by molar-refractivity contribution is 5.18. The third kappa shape index (κ3) is 2.77. The summed E-state index contributed by atoms with van der Waals surface area (Å²) in [5.74, 6) is 0.679. The molecule has 17 heavy (non-hydrogen) atoms. The Balaban J connectivity index is 1.46. The Morgan fingerprint density at radius 2 is 2.18 bits per heavy atom. The van der Waals surface area contributed by atoms with Crippen LogP contribution in [0.15, 0.2) is 4.42 Å². The van der Waals surface area contributed by atoms with Crippen molar-refractivity contribution in [3.8, 4) is 0 Å². The molecular formula is C12H20N4O. The first-order valence-corrected chi connectivity index (χ1v) is 6.53. The minimum Gasteiger partial charge on any atom is -0.407 e. The Morgan fingerprint density at radius 3 is 2.82 bits per heavy atom. The topological polar surface area (TPSA) is 63.0 Å². The SMILES string of the molecule is CC1(CNc2nnc(CNC3CC3)o2)CCC1. The Kier molecular flexibility index (Phi) is 2.78. The highest BCUT2D eigenvalue weighted by Crippen LogP contribution is 2.40. The van der Waals surface area contributed by atoms with E-state index in [4.69, 9.17) is 4.42 Å². The third-order valence-electron chi connectivity index (χ3n) is 3.81. The lowest BCUT2D eigenvalue weighted by Crippen LogP contribution is -2.33. The molecule has 0 atom stereocenters. The quantitative estimate of drug-likeness (QED) is 0.790. The van der Waals surface area contributed by atoms with E-state index in [1.54, 1.807) is 0 Å². The Hall–Kier alpha value is -1.10. The van der Waals surface area contributed by atoms with Crippen LogP contribution in [0.25, 0.3) is 0 Å². The van der Waals surface area contributed by atoms with Gasteiger partial charge in [0.15, 0.2) is 0 Å². The second-order valence-corrected chi connectivity index (χ2v) is 5.67. The van der Waals surface area contributed by atoms with Gasteiger partial charge < -0.3 is 15.1 Å². The minimum absolute atomic E-state index is 0.431. The maximum Gasteiger partial charge on any atom is 0.315 e. The molecule has 0 amide bonds. The molecule has 0 aromatic carbocycles. The van der Waals surface area contributed by atoms with Crippen LogP contribution in [0, 0.1) is 5.41 Å². The maximum atomic E-state index is 5.53. The van der Waals surface area contributed by atoms with Crippen molar-refractivity contribution in [2.75, 3.05) is 11.9 Å². The van der Waals surface area contributed by atoms with E-state index in [1.807, 2.05) is 0 Å². The molecule has 1 aromatic rings. The average Bonchev–Trinajstić information content (AvgIpc) is 3.01. The van der Waals surface area contributed by atoms with Crippen molar-refractivity contribution in [2.45, 2.75) is 51.6 Å². The fourth-order valence-corrected chi connectivity index (χ4v) is 2.16. The maximum absolute atomic E-state index is 5.53. The summed E-state index contributed by atoms with van der Waals surface area (Å²) in [4.78, 5) is 0. The van der Waals surface area contributed by atoms with Gasteiger partial charge in [0.2, 0.25) is 5.89 Å². The fourth-order valence-electron chi connectivity index (χ4n) is 2.16. The van der Waals surface area contributed by atoms with E-state index in [2.05, 4.69) is 27.8 Å². The van der Waals surface area contributed by atoms with Crippen LogP contribution in [0.2, 0.25) is 0 Å². The van der Waals surface area contributed by atoms with Crippen molar-refractivity contribution in [2.24, 2.45) is 5.41 Å². The van der Waals surface area contributed by atoms with Gasteiger partial charge in [-0.25, -0.2) is 0 Å². The third-order valence-corrected chi connectivity index (χ3v) is 3.81. The molecule has 0 unspecified atom stereocenters. The van der Waals surface area contributed by atoms with Gasteiger partial charge in [0.05, 0.1) is 6.54 Å². The largest absolute Gasteiger partial charge is 0.407 e. The molecule has 5 nitrogen and oxygen atoms in total. The number of rotatable bonds is 6. The van der Waals surface area contributed by atoms with E-state index >= 15 is 0 Å². The van der Waals surface area contributed by atoms with Crippen molar-refractivity contribution < 1.29 is 4.42 Å². The highest BCUT2D eigenvalue weighted by atomic mass is 16.4. The van der Waals surface area contributed by atoms with Crippen LogP contribution in [-0.4, -0.2) is 22.8 Å². The number of anilines is 1. The van der Waals surface area contributed by atoms with Crippen LogP contribution in [-0.2, 0) is 6.54 Å². The first-order valence-electron chi connectivity index (χ1n) is 6.53. The lowest BCUT2D eigenvalue weighted by molar-refractivity contribution is 0.178. The van der Waals surface area contributed by atoms with Crippen LogP contribution in [0.4, 0.5) is 6.01 Å². The van der Waals surface area contributed by atoms with E-state index in [9.17, 15) is 0 Å². The number of nitrogens with zero attached hydrogens (tertiary/aromatic N) is 2. The van der Waals surface area contributed by atoms with Gasteiger partial charge in [-0.05, 0) is 31.1 Å². The van der Waals surface area contributed by atoms with E-state index in [0.29, 0.717) is 29.9 Å². The zero-order valence-corrected chi connectivity index (χ0v) is 10.3. The van der Waals surface area contributed by atoms with Gasteiger partial charge in [0.25, 0.3) is 0 Å². The van der Waals surface area contributed by atoms with Crippen LogP contribution in [0.3, 0.4) is 0 Å². The molecular weight excluding hydrogens is 216 g/mol. The lowest BCUT2D eigenvalue weighted by Gasteiger charge is -2.38. The summed E-state index contributed by atoms with van der Waals surface area (Å²) in [6.07, 6.45) is 6.49. The van der Waals surface area contributed by atoms with Crippen LogP contribution < -0.4 is 10.6 Å². The normalized spacial score (nSPS) is 22.2. The van der Waals surface area contributed by atoms with Crippen LogP contribution in [0.5, 0.6) is 0 Å². The smallest absolute Gasteiger partial charge is 0.315 e. The molecule has 3 rings (SSSR count). The molecule has 94 valence electrons. The first-order chi connectivity index (χ1) is 8.23. The predicted molar refractivity (Wildman–Crippen MR) is 64.6 cm³/mol. The second-order valence-electron chi connectivity index (χ2n) is 5.67. The summed E-state index contributed by atoms with van der Waals surface area (Å²) in [7, 11) is 0. The number of aromatic nitrogens is 2. The standard InChI is InChI=1S/C12H20N4O/c1-12(5-2-6-12)8-14-11-16-15-10(17-11)7-13-9-3-4-9/h9,13H,2-8H2,1H3,(H,14,16). The molecule has 0 aliphatic heterocycles. The molecule has 2 aliphatic carbocycles. The molecule has 0 bridgehead atoms. The highest BCUT2D eigenvalue weighted by Gasteiger charge is 2.31. The molecule has 0 spiro atoms. The number of nitrogens with one attached hydrogen (secondary N) is 2. The monoisotopic (exact) mass is 236 g/mol. The van der Waals surface area contributed by atoms with Crippen molar-refractivity contribution >= 4 is 6.01 Å². The lowest BCUT2D eigenvalue weighted by atomic mass is 9.70. The zero-order chi connectivity index (χ0) is 11.7. The van der Waals surface area contributed by atoms with Crippen molar-refractivity contribution in [3.05, 3.63) is 5.89 Å². The van der Waals surface area contributed by atoms with Crippen molar-refractivity contribution in [1.29, 1.82) is 0 Å². The van der Waals surface area contributed by atoms with Crippen molar-refractivity contribution in [1.82, 2.24) is 15.5 Å². The van der Waals surface area contributed by atoms with Crippen molar-refractivity contribution in [3.63, 3.8) is 0 Å². The summed E-state index contributed by atoms with van der Waals surface area (Å²) in [5, 5.41) is 14.6. The van der Waals surface area contributed by atoms with Gasteiger partial charge in [-0.1, -0.05) is 18.4 Å². The molecule has 2 fully saturated rings. The summed E-state index contributed by atoms with van der Waals surface area (Å²) >= 11 is 0. The molecule has 1 aromatic heterocycles. The number of hydrogen-bond acceptors (Lipinski definition) is 5. The first kappa shape index (κ1) is 11.0. The molecule has 2 saturated carbocycles. The van der Waals surface area contributed by atoms with Crippen LogP contribution >= 0.6 is 0 Å². The van der Waals surface area contributed by atoms with Gasteiger partial charge in [0.1, 0.15) is 0 Å². The molecule has 2 aliphatic rings. The summed E-state index contributed by atoms with van der Waals surface area (Å²) in [5.41, 5.74) is 0.431. The number of hydrogen-bond donors (Lipinski definition) is 2. The Labute approximate surface area is 101 Å². The molecule has 2 N–H and O–H groups in total. The van der Waals surface area contributed by atoms with E-state index < -0.39 is 0 Å². The van der Waals surface area contributed by atoms with E-state index in [-0.39, 0.29) is 0 Å². The van der Waals surface area contributed by atoms with Gasteiger partial charge in [0, 0.05) is 12.6 Å². The van der Waals surface area contributed by atoms with Gasteiger partial charge >= 0.3 is 6.01 Å². The second kappa shape index (κ2) is 4.29. The fraction of sp³-hybridized carbons (Fsp3) is 0.833. The minimum atomic E-state index is 0.431. The zero-order valence-electron chi connectivity index (χ0n) is 10.3. The average molecular weight is 236 g/mol. The van der Waals surface area contributed by atoms with Gasteiger partial charge in [-0.2, -0.15) is 0 Å². The molecule has 1 heterocycles. The van der Waals surface area contributed by atoms with Gasteiger partial charge in [-0.15, -0.1) is 5.10 Å². The molecule has 5 heteroatoms. The van der Waals surface area contributed by atoms with E-state index in [1.165, 1.54) is 32.1 Å². The van der Waals surface area contributed by atoms with E-state index in [0.717, 1.165) is 6.54 Å².